The third-order valence-electron chi connectivity index (χ3n) is 3.39. The van der Waals surface area contributed by atoms with Crippen LogP contribution in [-0.2, 0) is 0 Å². The lowest BCUT2D eigenvalue weighted by Crippen LogP contribution is -2.36. The largest absolute Gasteiger partial charge is 0.312 e. The van der Waals surface area contributed by atoms with Gasteiger partial charge in [-0.1, -0.05) is 30.3 Å². The van der Waals surface area contributed by atoms with E-state index in [-0.39, 0.29) is 0 Å². The number of hydrazone groups is 1. The number of benzene rings is 1. The number of allylic oxidation sites excluding steroid dienone is 1. The molecule has 0 N–H and O–H groups in total. The molecule has 0 radical (unpaired) electrons. The van der Waals surface area contributed by atoms with Crippen molar-refractivity contribution in [2.24, 2.45) is 5.10 Å². The molecule has 0 saturated carbocycles. The van der Waals surface area contributed by atoms with E-state index in [1.807, 2.05) is 42.0 Å². The third kappa shape index (κ3) is 2.74. The van der Waals surface area contributed by atoms with E-state index in [0.29, 0.717) is 0 Å². The summed E-state index contributed by atoms with van der Waals surface area (Å²) in [4.78, 5) is 2.21. The lowest BCUT2D eigenvalue weighted by atomic mass is 10.1. The smallest absolute Gasteiger partial charge is 0.196 e. The van der Waals surface area contributed by atoms with Gasteiger partial charge in [-0.15, -0.1) is 11.8 Å². The Balaban J connectivity index is 2.03. The number of nitrogens with zero attached hydrogens (tertiary/aromatic N) is 3. The van der Waals surface area contributed by atoms with Crippen molar-refractivity contribution in [2.75, 3.05) is 19.3 Å². The van der Waals surface area contributed by atoms with E-state index in [9.17, 15) is 0 Å². The Morgan fingerprint density at radius 3 is 2.80 bits per heavy atom. The van der Waals surface area contributed by atoms with Gasteiger partial charge in [-0.05, 0) is 36.9 Å². The summed E-state index contributed by atoms with van der Waals surface area (Å²) in [6.07, 6.45) is 4.59. The van der Waals surface area contributed by atoms with E-state index < -0.39 is 0 Å². The maximum absolute atomic E-state index is 5.57. The van der Waals surface area contributed by atoms with E-state index in [1.165, 1.54) is 17.9 Å². The highest BCUT2D eigenvalue weighted by Gasteiger charge is 2.24. The van der Waals surface area contributed by atoms with Crippen LogP contribution >= 0.6 is 24.0 Å². The van der Waals surface area contributed by atoms with Gasteiger partial charge in [0.2, 0.25) is 0 Å². The molecule has 104 valence electrons. The molecular weight excluding hydrogens is 286 g/mol. The third-order valence-corrected chi connectivity index (χ3v) is 5.00. The maximum Gasteiger partial charge on any atom is 0.196 e. The molecule has 3 rings (SSSR count). The summed E-state index contributed by atoms with van der Waals surface area (Å²) in [6, 6.07) is 10.3. The van der Waals surface area contributed by atoms with Crippen molar-refractivity contribution in [3.8, 4) is 0 Å². The van der Waals surface area contributed by atoms with Crippen molar-refractivity contribution in [3.63, 3.8) is 0 Å². The second kappa shape index (κ2) is 5.97. The molecule has 20 heavy (non-hydrogen) atoms. The summed E-state index contributed by atoms with van der Waals surface area (Å²) in [5.74, 6) is 1.15. The number of thioether (sulfide) groups is 1. The highest BCUT2D eigenvalue weighted by molar-refractivity contribution is 8.03. The van der Waals surface area contributed by atoms with Crippen molar-refractivity contribution in [1.82, 2.24) is 9.91 Å². The highest BCUT2D eigenvalue weighted by Crippen LogP contribution is 2.29. The Morgan fingerprint density at radius 2 is 2.00 bits per heavy atom. The quantitative estimate of drug-likeness (QED) is 0.741. The Kier molecular flexibility index (Phi) is 4.08. The first-order chi connectivity index (χ1) is 9.75. The normalized spacial score (nSPS) is 19.8. The lowest BCUT2D eigenvalue weighted by molar-refractivity contribution is 0.436. The minimum atomic E-state index is 0.789. The molecule has 0 atom stereocenters. The molecule has 2 aliphatic rings. The summed E-state index contributed by atoms with van der Waals surface area (Å²) < 4.78 is 0. The van der Waals surface area contributed by atoms with Gasteiger partial charge < -0.3 is 4.90 Å². The summed E-state index contributed by atoms with van der Waals surface area (Å²) in [5, 5.41) is 8.48. The minimum absolute atomic E-state index is 0.789. The summed E-state index contributed by atoms with van der Waals surface area (Å²) in [5.41, 5.74) is 2.10. The van der Waals surface area contributed by atoms with Crippen LogP contribution in [0.5, 0.6) is 0 Å². The zero-order valence-corrected chi connectivity index (χ0v) is 13.1. The molecule has 2 heterocycles. The molecule has 0 unspecified atom stereocenters. The molecule has 1 saturated heterocycles. The predicted molar refractivity (Wildman–Crippen MR) is 89.8 cm³/mol. The number of hydrogen-bond acceptors (Lipinski definition) is 3. The lowest BCUT2D eigenvalue weighted by Gasteiger charge is -2.26. The van der Waals surface area contributed by atoms with E-state index in [1.54, 1.807) is 0 Å². The van der Waals surface area contributed by atoms with Crippen molar-refractivity contribution in [2.45, 2.75) is 12.8 Å². The van der Waals surface area contributed by atoms with Gasteiger partial charge in [0.15, 0.2) is 5.11 Å². The second-order valence-corrected chi connectivity index (χ2v) is 6.33. The van der Waals surface area contributed by atoms with Crippen molar-refractivity contribution >= 4 is 34.8 Å². The first-order valence-electron chi connectivity index (χ1n) is 6.79. The highest BCUT2D eigenvalue weighted by atomic mass is 32.2. The van der Waals surface area contributed by atoms with E-state index in [0.717, 1.165) is 28.7 Å². The fourth-order valence-corrected chi connectivity index (χ4v) is 3.70. The van der Waals surface area contributed by atoms with Crippen LogP contribution in [0.1, 0.15) is 18.4 Å². The Hall–Kier alpha value is -1.33. The van der Waals surface area contributed by atoms with Crippen molar-refractivity contribution in [3.05, 3.63) is 47.0 Å². The maximum atomic E-state index is 5.57. The molecule has 2 aliphatic heterocycles. The number of hydrogen-bond donors (Lipinski definition) is 0. The summed E-state index contributed by atoms with van der Waals surface area (Å²) in [7, 11) is 1.93. The van der Waals surface area contributed by atoms with Gasteiger partial charge in [0.25, 0.3) is 0 Å². The molecule has 3 nitrogen and oxygen atoms in total. The molecule has 1 fully saturated rings. The molecule has 0 bridgehead atoms. The molecular formula is C15H17N3S2. The zero-order valence-electron chi connectivity index (χ0n) is 11.5. The number of thiocarbonyl (C=S) groups is 1. The van der Waals surface area contributed by atoms with Crippen LogP contribution < -0.4 is 0 Å². The molecule has 1 aromatic carbocycles. The molecule has 0 aromatic heterocycles. The number of rotatable bonds is 1. The van der Waals surface area contributed by atoms with Crippen LogP contribution in [-0.4, -0.2) is 40.1 Å². The van der Waals surface area contributed by atoms with Crippen molar-refractivity contribution in [1.29, 1.82) is 0 Å². The van der Waals surface area contributed by atoms with Crippen LogP contribution in [0.2, 0.25) is 0 Å². The average molecular weight is 303 g/mol. The number of fused-ring (bicyclic) bond motifs is 1. The molecule has 0 spiro atoms. The summed E-state index contributed by atoms with van der Waals surface area (Å²) >= 11 is 7.44. The van der Waals surface area contributed by atoms with Gasteiger partial charge in [0, 0.05) is 19.2 Å². The van der Waals surface area contributed by atoms with E-state index in [4.69, 9.17) is 12.2 Å². The second-order valence-electron chi connectivity index (χ2n) is 4.85. The van der Waals surface area contributed by atoms with E-state index in [2.05, 4.69) is 28.2 Å². The Labute approximate surface area is 129 Å². The van der Waals surface area contributed by atoms with Crippen LogP contribution in [0.25, 0.3) is 0 Å². The first kappa shape index (κ1) is 13.6. The van der Waals surface area contributed by atoms with Crippen LogP contribution in [0.4, 0.5) is 0 Å². The average Bonchev–Trinajstić information content (AvgIpc) is 2.77. The van der Waals surface area contributed by atoms with Gasteiger partial charge in [-0.3, -0.25) is 0 Å². The van der Waals surface area contributed by atoms with Crippen LogP contribution in [0.3, 0.4) is 0 Å². The molecule has 5 heteroatoms. The molecule has 0 aliphatic carbocycles. The molecule has 0 amide bonds. The Morgan fingerprint density at radius 1 is 1.20 bits per heavy atom. The summed E-state index contributed by atoms with van der Waals surface area (Å²) in [6.45, 7) is 0.986. The monoisotopic (exact) mass is 303 g/mol. The topological polar surface area (TPSA) is 18.8 Å². The fourth-order valence-electron chi connectivity index (χ4n) is 2.32. The molecule has 1 aromatic rings. The fraction of sp³-hybridized carbons (Fsp3) is 0.333. The van der Waals surface area contributed by atoms with E-state index >= 15 is 0 Å². The SMILES string of the molecule is CN1N=C(c2ccccc2)C=C2SCCCCN2C1=S. The van der Waals surface area contributed by atoms with Gasteiger partial charge in [0.05, 0.1) is 10.7 Å². The van der Waals surface area contributed by atoms with Gasteiger partial charge >= 0.3 is 0 Å². The van der Waals surface area contributed by atoms with Crippen LogP contribution in [0.15, 0.2) is 46.5 Å². The van der Waals surface area contributed by atoms with Gasteiger partial charge in [0.1, 0.15) is 0 Å². The van der Waals surface area contributed by atoms with Crippen LogP contribution in [0, 0.1) is 0 Å². The van der Waals surface area contributed by atoms with Crippen molar-refractivity contribution < 1.29 is 0 Å². The zero-order chi connectivity index (χ0) is 13.9. The van der Waals surface area contributed by atoms with Gasteiger partial charge in [-0.2, -0.15) is 5.10 Å². The Bertz CT molecular complexity index is 566. The first-order valence-corrected chi connectivity index (χ1v) is 8.19. The van der Waals surface area contributed by atoms with Gasteiger partial charge in [-0.25, -0.2) is 5.01 Å². The standard InChI is InChI=1S/C15H17N3S2/c1-17-15(19)18-9-5-6-10-20-14(18)11-13(16-17)12-7-3-2-4-8-12/h2-4,7-8,11H,5-6,9-10H2,1H3. The minimum Gasteiger partial charge on any atom is -0.312 e. The predicted octanol–water partition coefficient (Wildman–Crippen LogP) is 3.29.